The topological polar surface area (TPSA) is 96.9 Å². The molecule has 0 saturated heterocycles. The Kier molecular flexibility index (Phi) is 3.58. The lowest BCUT2D eigenvalue weighted by molar-refractivity contribution is -0.750. The van der Waals surface area contributed by atoms with E-state index in [4.69, 9.17) is 4.55 Å². The third kappa shape index (κ3) is 3.54. The zero-order valence-electron chi connectivity index (χ0n) is 9.34. The summed E-state index contributed by atoms with van der Waals surface area (Å²) in [6.45, 7) is 0.0968. The highest BCUT2D eigenvalue weighted by Gasteiger charge is 2.11. The van der Waals surface area contributed by atoms with Crippen LogP contribution in [-0.2, 0) is 16.7 Å². The zero-order valence-corrected chi connectivity index (χ0v) is 10.2. The van der Waals surface area contributed by atoms with Gasteiger partial charge in [-0.15, -0.1) is 0 Å². The highest BCUT2D eigenvalue weighted by Crippen LogP contribution is 2.11. The van der Waals surface area contributed by atoms with Gasteiger partial charge in [0.25, 0.3) is 10.1 Å². The molecule has 8 heteroatoms. The summed E-state index contributed by atoms with van der Waals surface area (Å²) in [5.74, 6) is -0.366. The first-order valence-electron chi connectivity index (χ1n) is 5.12. The van der Waals surface area contributed by atoms with Crippen LogP contribution in [0.2, 0.25) is 0 Å². The Labute approximate surface area is 104 Å². The first kappa shape index (κ1) is 12.5. The molecule has 0 aliphatic carbocycles. The second-order valence-electron chi connectivity index (χ2n) is 3.56. The third-order valence-corrected chi connectivity index (χ3v) is 2.91. The number of aryl methyl sites for hydroxylation is 1. The summed E-state index contributed by atoms with van der Waals surface area (Å²) in [4.78, 5) is 8.06. The molecule has 1 N–H and O–H groups in total. The third-order valence-electron chi connectivity index (χ3n) is 2.21. The monoisotopic (exact) mass is 267 g/mol. The van der Waals surface area contributed by atoms with Crippen LogP contribution in [0.1, 0.15) is 0 Å². The normalized spacial score (nSPS) is 11.4. The second-order valence-corrected chi connectivity index (χ2v) is 5.13. The molecule has 2 aromatic rings. The number of rotatable bonds is 4. The summed E-state index contributed by atoms with van der Waals surface area (Å²) < 4.78 is 31.2. The molecular formula is C10H11N4O3S+. The van der Waals surface area contributed by atoms with Gasteiger partial charge in [-0.3, -0.25) is 14.5 Å². The van der Waals surface area contributed by atoms with E-state index in [2.05, 4.69) is 15.1 Å². The van der Waals surface area contributed by atoms with E-state index in [1.807, 2.05) is 0 Å². The maximum Gasteiger partial charge on any atom is 0.271 e. The average Bonchev–Trinajstić information content (AvgIpc) is 2.37. The summed E-state index contributed by atoms with van der Waals surface area (Å²) in [6.07, 6.45) is 7.95. The molecule has 0 aromatic carbocycles. The second kappa shape index (κ2) is 5.15. The molecule has 94 valence electrons. The Morgan fingerprint density at radius 1 is 1.28 bits per heavy atom. The lowest BCUT2D eigenvalue weighted by Crippen LogP contribution is -2.40. The van der Waals surface area contributed by atoms with Crippen molar-refractivity contribution in [2.75, 3.05) is 5.75 Å². The SMILES string of the molecule is O=S(=O)(O)CC[n+]1ccc(-c2cnccn2)cn1. The predicted molar refractivity (Wildman–Crippen MR) is 61.9 cm³/mol. The van der Waals surface area contributed by atoms with Gasteiger partial charge in [0.05, 0.1) is 11.9 Å². The Morgan fingerprint density at radius 2 is 2.11 bits per heavy atom. The van der Waals surface area contributed by atoms with E-state index in [1.54, 1.807) is 37.1 Å². The predicted octanol–water partition coefficient (Wildman–Crippen LogP) is -0.286. The van der Waals surface area contributed by atoms with Gasteiger partial charge < -0.3 is 0 Å². The molecule has 0 bridgehead atoms. The van der Waals surface area contributed by atoms with Crippen molar-refractivity contribution in [2.45, 2.75) is 6.54 Å². The maximum atomic E-state index is 10.6. The first-order chi connectivity index (χ1) is 8.54. The quantitative estimate of drug-likeness (QED) is 0.604. The molecule has 2 heterocycles. The van der Waals surface area contributed by atoms with E-state index in [0.717, 1.165) is 5.56 Å². The Bertz CT molecular complexity index is 613. The minimum absolute atomic E-state index is 0.0968. The smallest absolute Gasteiger partial charge is 0.271 e. The molecule has 0 radical (unpaired) electrons. The van der Waals surface area contributed by atoms with Crippen molar-refractivity contribution in [1.82, 2.24) is 15.1 Å². The molecule has 2 rings (SSSR count). The molecule has 0 spiro atoms. The Morgan fingerprint density at radius 3 is 2.67 bits per heavy atom. The van der Waals surface area contributed by atoms with Crippen LogP contribution in [0.3, 0.4) is 0 Å². The van der Waals surface area contributed by atoms with E-state index in [1.165, 1.54) is 4.68 Å². The summed E-state index contributed by atoms with van der Waals surface area (Å²) in [5, 5.41) is 4.03. The molecule has 7 nitrogen and oxygen atoms in total. The first-order valence-corrected chi connectivity index (χ1v) is 6.73. The van der Waals surface area contributed by atoms with Gasteiger partial charge in [0.2, 0.25) is 0 Å². The van der Waals surface area contributed by atoms with Crippen molar-refractivity contribution in [2.24, 2.45) is 0 Å². The summed E-state index contributed by atoms with van der Waals surface area (Å²) in [5.41, 5.74) is 1.47. The minimum atomic E-state index is -3.97. The fourth-order valence-electron chi connectivity index (χ4n) is 1.33. The number of hydrogen-bond donors (Lipinski definition) is 1. The van der Waals surface area contributed by atoms with Crippen LogP contribution in [0.25, 0.3) is 11.3 Å². The number of hydrogen-bond acceptors (Lipinski definition) is 5. The van der Waals surface area contributed by atoms with Crippen LogP contribution in [0, 0.1) is 0 Å². The van der Waals surface area contributed by atoms with Gasteiger partial charge in [-0.25, -0.2) is 0 Å². The van der Waals surface area contributed by atoms with Crippen LogP contribution in [0.15, 0.2) is 37.1 Å². The molecule has 0 atom stereocenters. The summed E-state index contributed by atoms with van der Waals surface area (Å²) in [6, 6.07) is 1.75. The van der Waals surface area contributed by atoms with Crippen molar-refractivity contribution in [3.63, 3.8) is 0 Å². The molecule has 0 unspecified atom stereocenters. The molecule has 18 heavy (non-hydrogen) atoms. The van der Waals surface area contributed by atoms with Crippen molar-refractivity contribution < 1.29 is 17.7 Å². The highest BCUT2D eigenvalue weighted by atomic mass is 32.2. The fraction of sp³-hybridized carbons (Fsp3) is 0.200. The zero-order chi connectivity index (χ0) is 13.0. The maximum absolute atomic E-state index is 10.6. The van der Waals surface area contributed by atoms with E-state index in [9.17, 15) is 8.42 Å². The van der Waals surface area contributed by atoms with Gasteiger partial charge in [0, 0.05) is 24.0 Å². The van der Waals surface area contributed by atoms with Crippen LogP contribution in [-0.4, -0.2) is 33.8 Å². The van der Waals surface area contributed by atoms with Crippen LogP contribution >= 0.6 is 0 Å². The minimum Gasteiger partial charge on any atom is -0.285 e. The van der Waals surface area contributed by atoms with Gasteiger partial charge in [-0.2, -0.15) is 8.42 Å². The van der Waals surface area contributed by atoms with E-state index < -0.39 is 10.1 Å². The van der Waals surface area contributed by atoms with Gasteiger partial charge in [0.1, 0.15) is 11.9 Å². The molecule has 2 aromatic heterocycles. The van der Waals surface area contributed by atoms with Crippen LogP contribution in [0.4, 0.5) is 0 Å². The van der Waals surface area contributed by atoms with Gasteiger partial charge >= 0.3 is 0 Å². The van der Waals surface area contributed by atoms with Crippen molar-refractivity contribution >= 4 is 10.1 Å². The highest BCUT2D eigenvalue weighted by molar-refractivity contribution is 7.85. The Hall–Kier alpha value is -1.93. The van der Waals surface area contributed by atoms with E-state index in [-0.39, 0.29) is 12.3 Å². The summed E-state index contributed by atoms with van der Waals surface area (Å²) >= 11 is 0. The Balaban J connectivity index is 2.11. The average molecular weight is 267 g/mol. The molecule has 0 amide bonds. The van der Waals surface area contributed by atoms with Gasteiger partial charge in [-0.05, 0) is 5.10 Å². The van der Waals surface area contributed by atoms with Crippen molar-refractivity contribution in [3.05, 3.63) is 37.1 Å². The molecule has 0 aliphatic heterocycles. The van der Waals surface area contributed by atoms with Gasteiger partial charge in [0.15, 0.2) is 12.7 Å². The van der Waals surface area contributed by atoms with Crippen LogP contribution in [0.5, 0.6) is 0 Å². The van der Waals surface area contributed by atoms with Gasteiger partial charge in [-0.1, -0.05) is 4.68 Å². The van der Waals surface area contributed by atoms with E-state index >= 15 is 0 Å². The summed E-state index contributed by atoms with van der Waals surface area (Å²) in [7, 11) is -3.97. The van der Waals surface area contributed by atoms with Crippen LogP contribution < -0.4 is 4.68 Å². The largest absolute Gasteiger partial charge is 0.285 e. The molecule has 0 saturated carbocycles. The van der Waals surface area contributed by atoms with E-state index in [0.29, 0.717) is 5.69 Å². The van der Waals surface area contributed by atoms with Crippen molar-refractivity contribution in [1.29, 1.82) is 0 Å². The molecule has 0 fully saturated rings. The lowest BCUT2D eigenvalue weighted by Gasteiger charge is -1.97. The lowest BCUT2D eigenvalue weighted by atomic mass is 10.2. The number of aromatic nitrogens is 4. The number of nitrogens with zero attached hydrogens (tertiary/aromatic N) is 4. The van der Waals surface area contributed by atoms with Crippen molar-refractivity contribution in [3.8, 4) is 11.3 Å². The standard InChI is InChI=1S/C10H10N4O3S/c15-18(16,17)6-5-14-4-1-9(7-13-14)10-8-11-2-3-12-10/h1-4,7-8H,5-6H2/p+1. The molecule has 0 aliphatic rings. The molecular weight excluding hydrogens is 256 g/mol. The fourth-order valence-corrected chi connectivity index (χ4v) is 1.74.